The van der Waals surface area contributed by atoms with Crippen molar-refractivity contribution in [2.24, 2.45) is 0 Å². The maximum atomic E-state index is 12.3. The van der Waals surface area contributed by atoms with Crippen molar-refractivity contribution in [2.45, 2.75) is 52.1 Å². The van der Waals surface area contributed by atoms with Crippen LogP contribution in [0.25, 0.3) is 10.6 Å². The molecule has 3 rings (SSSR count). The van der Waals surface area contributed by atoms with Gasteiger partial charge >= 0.3 is 6.09 Å². The van der Waals surface area contributed by atoms with E-state index >= 15 is 0 Å². The molecule has 0 N–H and O–H groups in total. The molecule has 0 aromatic carbocycles. The van der Waals surface area contributed by atoms with Crippen LogP contribution in [-0.2, 0) is 9.53 Å². The first-order valence-corrected chi connectivity index (χ1v) is 11.8. The predicted octanol–water partition coefficient (Wildman–Crippen LogP) is 4.27. The second kappa shape index (κ2) is 10.9. The van der Waals surface area contributed by atoms with E-state index in [0.29, 0.717) is 50.4 Å². The summed E-state index contributed by atoms with van der Waals surface area (Å²) in [6, 6.07) is 5.49. The van der Waals surface area contributed by atoms with Gasteiger partial charge in [-0.25, -0.2) is 4.79 Å². The number of nitrogens with zero attached hydrogens (tertiary/aromatic N) is 3. The van der Waals surface area contributed by atoms with Crippen LogP contribution < -0.4 is 0 Å². The van der Waals surface area contributed by atoms with Gasteiger partial charge in [0, 0.05) is 58.1 Å². The summed E-state index contributed by atoms with van der Waals surface area (Å²) in [5.41, 5.74) is -0.189. The van der Waals surface area contributed by atoms with Crippen molar-refractivity contribution in [3.05, 3.63) is 29.3 Å². The molecule has 1 aliphatic heterocycles. The Labute approximate surface area is 192 Å². The van der Waals surface area contributed by atoms with E-state index in [1.165, 1.54) is 11.3 Å². The maximum Gasteiger partial charge on any atom is 0.410 e. The van der Waals surface area contributed by atoms with Crippen LogP contribution in [0.3, 0.4) is 0 Å². The molecule has 9 heteroatoms. The van der Waals surface area contributed by atoms with Gasteiger partial charge in [0.2, 0.25) is 0 Å². The van der Waals surface area contributed by atoms with Gasteiger partial charge in [-0.05, 0) is 38.6 Å². The number of rotatable bonds is 9. The topological polar surface area (TPSA) is 93.0 Å². The molecule has 0 atom stereocenters. The van der Waals surface area contributed by atoms with E-state index in [-0.39, 0.29) is 24.1 Å². The lowest BCUT2D eigenvalue weighted by Crippen LogP contribution is -2.50. The summed E-state index contributed by atoms with van der Waals surface area (Å²) in [5, 5.41) is 5.80. The number of carbonyl (C=O) groups is 3. The molecule has 0 aliphatic carbocycles. The minimum Gasteiger partial charge on any atom is -0.444 e. The summed E-state index contributed by atoms with van der Waals surface area (Å²) >= 11 is 1.52. The van der Waals surface area contributed by atoms with Gasteiger partial charge < -0.3 is 14.2 Å². The van der Waals surface area contributed by atoms with Crippen LogP contribution in [-0.4, -0.2) is 70.9 Å². The first kappa shape index (κ1) is 24.1. The molecule has 2 aromatic rings. The zero-order valence-corrected chi connectivity index (χ0v) is 19.8. The Kier molecular flexibility index (Phi) is 8.20. The first-order chi connectivity index (χ1) is 15.2. The second-order valence-corrected chi connectivity index (χ2v) is 9.88. The van der Waals surface area contributed by atoms with Gasteiger partial charge in [0.15, 0.2) is 11.5 Å². The third-order valence-electron chi connectivity index (χ3n) is 5.15. The SMILES string of the molecule is CC(C)(C)OC(=O)N1CCN(CCC(=O)CCCC(=O)c2cc(-c3cccs3)on2)CC1. The number of piperazine rings is 1. The van der Waals surface area contributed by atoms with E-state index in [1.54, 1.807) is 11.0 Å². The van der Waals surface area contributed by atoms with E-state index in [0.717, 1.165) is 18.0 Å². The van der Waals surface area contributed by atoms with Crippen molar-refractivity contribution in [3.63, 3.8) is 0 Å². The minimum absolute atomic E-state index is 0.109. The second-order valence-electron chi connectivity index (χ2n) is 8.93. The normalized spacial score (nSPS) is 15.0. The molecule has 174 valence electrons. The largest absolute Gasteiger partial charge is 0.444 e. The Balaban J connectivity index is 1.30. The van der Waals surface area contributed by atoms with Crippen LogP contribution in [0.2, 0.25) is 0 Å². The summed E-state index contributed by atoms with van der Waals surface area (Å²) in [6.45, 7) is 8.89. The van der Waals surface area contributed by atoms with Crippen LogP contribution >= 0.6 is 11.3 Å². The number of ether oxygens (including phenoxy) is 1. The third-order valence-corrected chi connectivity index (χ3v) is 6.03. The number of hydrogen-bond donors (Lipinski definition) is 0. The lowest BCUT2D eigenvalue weighted by Gasteiger charge is -2.35. The average molecular weight is 462 g/mol. The van der Waals surface area contributed by atoms with Crippen LogP contribution in [0.4, 0.5) is 4.79 Å². The van der Waals surface area contributed by atoms with Crippen molar-refractivity contribution in [3.8, 4) is 10.6 Å². The van der Waals surface area contributed by atoms with Gasteiger partial charge in [-0.1, -0.05) is 11.2 Å². The molecule has 0 bridgehead atoms. The summed E-state index contributed by atoms with van der Waals surface area (Å²) in [5.74, 6) is 0.626. The number of thiophene rings is 1. The molecule has 1 saturated heterocycles. The van der Waals surface area contributed by atoms with Crippen molar-refractivity contribution in [1.29, 1.82) is 0 Å². The van der Waals surface area contributed by atoms with Crippen LogP contribution in [0.1, 0.15) is 56.9 Å². The number of carbonyl (C=O) groups excluding carboxylic acids is 3. The van der Waals surface area contributed by atoms with Gasteiger partial charge in [-0.2, -0.15) is 0 Å². The average Bonchev–Trinajstić information content (AvgIpc) is 3.43. The maximum absolute atomic E-state index is 12.3. The van der Waals surface area contributed by atoms with E-state index in [1.807, 2.05) is 38.3 Å². The molecule has 0 unspecified atom stereocenters. The van der Waals surface area contributed by atoms with Crippen LogP contribution in [0, 0.1) is 0 Å². The number of Topliss-reactive ketones (excluding diaryl/α,β-unsaturated/α-hetero) is 2. The molecule has 32 heavy (non-hydrogen) atoms. The standard InChI is InChI=1S/C23H31N3O5S/c1-23(2,3)30-22(29)26-13-11-25(12-14-26)10-9-17(27)6-4-7-19(28)18-16-20(31-24-18)21-8-5-15-32-21/h5,8,15-16H,4,6-7,9-14H2,1-3H3. The summed E-state index contributed by atoms with van der Waals surface area (Å²) in [7, 11) is 0. The summed E-state index contributed by atoms with van der Waals surface area (Å²) in [6.07, 6.45) is 1.32. The molecule has 3 heterocycles. The van der Waals surface area contributed by atoms with Gasteiger partial charge in [-0.3, -0.25) is 14.5 Å². The quantitative estimate of drug-likeness (QED) is 0.515. The molecule has 0 radical (unpaired) electrons. The molecule has 1 amide bonds. The number of amides is 1. The number of hydrogen-bond acceptors (Lipinski definition) is 8. The molecule has 1 aliphatic rings. The van der Waals surface area contributed by atoms with Gasteiger partial charge in [-0.15, -0.1) is 11.3 Å². The van der Waals surface area contributed by atoms with E-state index < -0.39 is 5.60 Å². The Morgan fingerprint density at radius 2 is 1.88 bits per heavy atom. The Morgan fingerprint density at radius 1 is 1.12 bits per heavy atom. The van der Waals surface area contributed by atoms with Crippen molar-refractivity contribution < 1.29 is 23.6 Å². The smallest absolute Gasteiger partial charge is 0.410 e. The Morgan fingerprint density at radius 3 is 2.53 bits per heavy atom. The van der Waals surface area contributed by atoms with E-state index in [9.17, 15) is 14.4 Å². The fraction of sp³-hybridized carbons (Fsp3) is 0.565. The Hall–Kier alpha value is -2.52. The summed E-state index contributed by atoms with van der Waals surface area (Å²) in [4.78, 5) is 41.5. The zero-order valence-electron chi connectivity index (χ0n) is 19.0. The highest BCUT2D eigenvalue weighted by molar-refractivity contribution is 7.13. The molecule has 1 fully saturated rings. The fourth-order valence-electron chi connectivity index (χ4n) is 3.40. The van der Waals surface area contributed by atoms with Crippen molar-refractivity contribution >= 4 is 29.0 Å². The van der Waals surface area contributed by atoms with Gasteiger partial charge in [0.1, 0.15) is 17.1 Å². The monoisotopic (exact) mass is 461 g/mol. The zero-order chi connectivity index (χ0) is 23.1. The molecular formula is C23H31N3O5S. The lowest BCUT2D eigenvalue weighted by atomic mass is 10.1. The molecule has 0 saturated carbocycles. The highest BCUT2D eigenvalue weighted by Gasteiger charge is 2.26. The first-order valence-electron chi connectivity index (χ1n) is 11.0. The number of aromatic nitrogens is 1. The third kappa shape index (κ3) is 7.27. The fourth-order valence-corrected chi connectivity index (χ4v) is 4.08. The van der Waals surface area contributed by atoms with E-state index in [2.05, 4.69) is 10.1 Å². The van der Waals surface area contributed by atoms with Crippen LogP contribution in [0.5, 0.6) is 0 Å². The van der Waals surface area contributed by atoms with Crippen LogP contribution in [0.15, 0.2) is 28.1 Å². The highest BCUT2D eigenvalue weighted by atomic mass is 32.1. The molecule has 2 aromatic heterocycles. The van der Waals surface area contributed by atoms with Crippen molar-refractivity contribution in [2.75, 3.05) is 32.7 Å². The van der Waals surface area contributed by atoms with E-state index in [4.69, 9.17) is 9.26 Å². The lowest BCUT2D eigenvalue weighted by molar-refractivity contribution is -0.119. The molecular weight excluding hydrogens is 430 g/mol. The van der Waals surface area contributed by atoms with Gasteiger partial charge in [0.25, 0.3) is 0 Å². The van der Waals surface area contributed by atoms with Crippen molar-refractivity contribution in [1.82, 2.24) is 15.0 Å². The molecule has 0 spiro atoms. The molecule has 8 nitrogen and oxygen atoms in total. The van der Waals surface area contributed by atoms with Gasteiger partial charge in [0.05, 0.1) is 4.88 Å². The minimum atomic E-state index is -0.498. The number of ketones is 2. The summed E-state index contributed by atoms with van der Waals surface area (Å²) < 4.78 is 10.6. The predicted molar refractivity (Wildman–Crippen MR) is 122 cm³/mol. The Bertz CT molecular complexity index is 908. The highest BCUT2D eigenvalue weighted by Crippen LogP contribution is 2.25.